The molecule has 0 saturated carbocycles. The zero-order valence-corrected chi connectivity index (χ0v) is 21.6. The Bertz CT molecular complexity index is 1350. The molecular weight excluding hydrogens is 523 g/mol. The predicted octanol–water partition coefficient (Wildman–Crippen LogP) is 3.15. The summed E-state index contributed by atoms with van der Waals surface area (Å²) in [6, 6.07) is 10.1. The Kier molecular flexibility index (Phi) is 7.84. The van der Waals surface area contributed by atoms with E-state index < -0.39 is 12.1 Å². The van der Waals surface area contributed by atoms with Crippen LogP contribution in [-0.2, 0) is 16.1 Å². The Hall–Kier alpha value is -3.83. The third kappa shape index (κ3) is 5.78. The Morgan fingerprint density at radius 2 is 1.81 bits per heavy atom. The number of methoxy groups -OCH3 is 1. The summed E-state index contributed by atoms with van der Waals surface area (Å²) in [6.45, 7) is 4.11. The fraction of sp³-hybridized carbons (Fsp3) is 0.292. The maximum atomic E-state index is 13.1. The standard InChI is InChI=1S/C24H24Cl2N6O5/c1-14-21(26)22(17-4-3-5-18(28-17)23(34)37-24(27)35)29-32(14)13-20(33)31-10-8-30(9-11-31)15-6-7-16(25)19(12-15)36-2/h3-7,12H,8-11,13H2,1-2H3,(H2,27,35). The van der Waals surface area contributed by atoms with E-state index in [1.807, 2.05) is 12.1 Å². The first kappa shape index (κ1) is 26.2. The van der Waals surface area contributed by atoms with E-state index >= 15 is 0 Å². The second-order valence-corrected chi connectivity index (χ2v) is 8.99. The van der Waals surface area contributed by atoms with E-state index in [1.165, 1.54) is 10.7 Å². The Balaban J connectivity index is 1.43. The molecule has 1 saturated heterocycles. The molecule has 1 aliphatic rings. The Labute approximate surface area is 222 Å². The van der Waals surface area contributed by atoms with Crippen LogP contribution in [0.1, 0.15) is 16.2 Å². The largest absolute Gasteiger partial charge is 0.495 e. The van der Waals surface area contributed by atoms with Gasteiger partial charge in [-0.05, 0) is 31.2 Å². The summed E-state index contributed by atoms with van der Waals surface area (Å²) in [5.74, 6) is -0.494. The fourth-order valence-electron chi connectivity index (χ4n) is 3.95. The van der Waals surface area contributed by atoms with Crippen LogP contribution in [0, 0.1) is 6.92 Å². The molecule has 0 bridgehead atoms. The number of piperazine rings is 1. The molecule has 11 nitrogen and oxygen atoms in total. The molecule has 2 aromatic heterocycles. The van der Waals surface area contributed by atoms with Gasteiger partial charge in [-0.3, -0.25) is 9.48 Å². The van der Waals surface area contributed by atoms with Gasteiger partial charge in [0.1, 0.15) is 23.7 Å². The van der Waals surface area contributed by atoms with Gasteiger partial charge in [-0.1, -0.05) is 29.3 Å². The molecule has 4 rings (SSSR count). The first-order chi connectivity index (χ1) is 17.7. The minimum Gasteiger partial charge on any atom is -0.495 e. The molecule has 0 radical (unpaired) electrons. The van der Waals surface area contributed by atoms with E-state index in [9.17, 15) is 14.4 Å². The van der Waals surface area contributed by atoms with Gasteiger partial charge in [-0.2, -0.15) is 5.10 Å². The molecule has 13 heteroatoms. The first-order valence-electron chi connectivity index (χ1n) is 11.3. The molecular formula is C24H24Cl2N6O5. The molecule has 0 atom stereocenters. The van der Waals surface area contributed by atoms with E-state index in [1.54, 1.807) is 37.1 Å². The molecule has 1 aliphatic heterocycles. The zero-order valence-electron chi connectivity index (χ0n) is 20.1. The highest BCUT2D eigenvalue weighted by atomic mass is 35.5. The number of hydrogen-bond donors (Lipinski definition) is 1. The number of nitrogens with two attached hydrogens (primary N) is 1. The number of pyridine rings is 1. The molecule has 0 spiro atoms. The van der Waals surface area contributed by atoms with Crippen molar-refractivity contribution in [2.24, 2.45) is 5.73 Å². The van der Waals surface area contributed by atoms with Crippen molar-refractivity contribution >= 4 is 46.9 Å². The summed E-state index contributed by atoms with van der Waals surface area (Å²) in [4.78, 5) is 44.0. The average molecular weight is 547 g/mol. The average Bonchev–Trinajstić information content (AvgIpc) is 3.17. The first-order valence-corrected chi connectivity index (χ1v) is 12.0. The van der Waals surface area contributed by atoms with Crippen LogP contribution >= 0.6 is 23.2 Å². The number of rotatable bonds is 6. The normalized spacial score (nSPS) is 13.4. The monoisotopic (exact) mass is 546 g/mol. The van der Waals surface area contributed by atoms with Crippen molar-refractivity contribution in [2.75, 3.05) is 38.2 Å². The van der Waals surface area contributed by atoms with Crippen LogP contribution in [0.2, 0.25) is 10.0 Å². The van der Waals surface area contributed by atoms with Crippen molar-refractivity contribution in [3.63, 3.8) is 0 Å². The Morgan fingerprint density at radius 1 is 1.08 bits per heavy atom. The summed E-state index contributed by atoms with van der Waals surface area (Å²) < 4.78 is 11.2. The quantitative estimate of drug-likeness (QED) is 0.368. The number of carbonyl (C=O) groups excluding carboxylic acids is 3. The number of aromatic nitrogens is 3. The molecule has 3 aromatic rings. The number of carbonyl (C=O) groups is 3. The second-order valence-electron chi connectivity index (χ2n) is 8.21. The molecule has 194 valence electrons. The Morgan fingerprint density at radius 3 is 2.49 bits per heavy atom. The van der Waals surface area contributed by atoms with Crippen LogP contribution in [0.3, 0.4) is 0 Å². The van der Waals surface area contributed by atoms with E-state index in [4.69, 9.17) is 33.7 Å². The summed E-state index contributed by atoms with van der Waals surface area (Å²) in [5.41, 5.74) is 6.89. The van der Waals surface area contributed by atoms with Crippen molar-refractivity contribution < 1.29 is 23.9 Å². The van der Waals surface area contributed by atoms with Crippen molar-refractivity contribution in [1.29, 1.82) is 0 Å². The smallest absolute Gasteiger partial charge is 0.412 e. The van der Waals surface area contributed by atoms with Crippen molar-refractivity contribution in [3.05, 3.63) is 57.8 Å². The minimum atomic E-state index is -1.23. The molecule has 1 aromatic carbocycles. The minimum absolute atomic E-state index is 0.0102. The maximum Gasteiger partial charge on any atom is 0.412 e. The number of halogens is 2. The third-order valence-electron chi connectivity index (χ3n) is 5.94. The number of anilines is 1. The van der Waals surface area contributed by atoms with E-state index in [0.29, 0.717) is 53.4 Å². The highest BCUT2D eigenvalue weighted by molar-refractivity contribution is 6.33. The number of amides is 2. The number of hydrogen-bond acceptors (Lipinski definition) is 8. The molecule has 3 heterocycles. The molecule has 1 fully saturated rings. The summed E-state index contributed by atoms with van der Waals surface area (Å²) in [5, 5.41) is 5.30. The highest BCUT2D eigenvalue weighted by Gasteiger charge is 2.25. The third-order valence-corrected chi connectivity index (χ3v) is 6.71. The van der Waals surface area contributed by atoms with Crippen LogP contribution in [0.15, 0.2) is 36.4 Å². The van der Waals surface area contributed by atoms with Gasteiger partial charge in [-0.25, -0.2) is 14.6 Å². The predicted molar refractivity (Wildman–Crippen MR) is 137 cm³/mol. The lowest BCUT2D eigenvalue weighted by molar-refractivity contribution is -0.132. The van der Waals surface area contributed by atoms with Gasteiger partial charge in [0, 0.05) is 37.9 Å². The van der Waals surface area contributed by atoms with Gasteiger partial charge < -0.3 is 25.0 Å². The van der Waals surface area contributed by atoms with Gasteiger partial charge in [0.05, 0.1) is 28.5 Å². The van der Waals surface area contributed by atoms with Crippen LogP contribution in [0.4, 0.5) is 10.5 Å². The van der Waals surface area contributed by atoms with Crippen LogP contribution in [0.5, 0.6) is 5.75 Å². The maximum absolute atomic E-state index is 13.1. The molecule has 2 amide bonds. The molecule has 2 N–H and O–H groups in total. The molecule has 0 aliphatic carbocycles. The number of benzene rings is 1. The lowest BCUT2D eigenvalue weighted by Gasteiger charge is -2.36. The van der Waals surface area contributed by atoms with Gasteiger partial charge >= 0.3 is 12.1 Å². The number of esters is 1. The lowest BCUT2D eigenvalue weighted by Crippen LogP contribution is -2.49. The van der Waals surface area contributed by atoms with Gasteiger partial charge in [0.2, 0.25) is 5.91 Å². The topological polar surface area (TPSA) is 133 Å². The van der Waals surface area contributed by atoms with E-state index in [-0.39, 0.29) is 23.8 Å². The zero-order chi connectivity index (χ0) is 26.7. The summed E-state index contributed by atoms with van der Waals surface area (Å²) >= 11 is 12.6. The van der Waals surface area contributed by atoms with Gasteiger partial charge in [-0.15, -0.1) is 0 Å². The fourth-order valence-corrected chi connectivity index (χ4v) is 4.38. The SMILES string of the molecule is COc1cc(N2CCN(C(=O)Cn3nc(-c4cccc(C(=O)OC(N)=O)n4)c(Cl)c3C)CC2)ccc1Cl. The second kappa shape index (κ2) is 11.1. The summed E-state index contributed by atoms with van der Waals surface area (Å²) in [6.07, 6.45) is -1.23. The van der Waals surface area contributed by atoms with Crippen molar-refractivity contribution in [1.82, 2.24) is 19.7 Å². The number of nitrogens with zero attached hydrogens (tertiary/aromatic N) is 5. The van der Waals surface area contributed by atoms with Gasteiger partial charge in [0.25, 0.3) is 0 Å². The van der Waals surface area contributed by atoms with Crippen LogP contribution < -0.4 is 15.4 Å². The van der Waals surface area contributed by atoms with Crippen molar-refractivity contribution in [3.8, 4) is 17.1 Å². The van der Waals surface area contributed by atoms with Crippen LogP contribution in [-0.4, -0.2) is 70.9 Å². The van der Waals surface area contributed by atoms with Crippen LogP contribution in [0.25, 0.3) is 11.4 Å². The van der Waals surface area contributed by atoms with E-state index in [0.717, 1.165) is 5.69 Å². The van der Waals surface area contributed by atoms with Gasteiger partial charge in [0.15, 0.2) is 0 Å². The molecule has 0 unspecified atom stereocenters. The lowest BCUT2D eigenvalue weighted by atomic mass is 10.2. The number of ether oxygens (including phenoxy) is 2. The molecule has 37 heavy (non-hydrogen) atoms. The summed E-state index contributed by atoms with van der Waals surface area (Å²) in [7, 11) is 1.57. The van der Waals surface area contributed by atoms with E-state index in [2.05, 4.69) is 19.7 Å². The van der Waals surface area contributed by atoms with Crippen molar-refractivity contribution in [2.45, 2.75) is 13.5 Å². The number of primary amides is 1. The highest BCUT2D eigenvalue weighted by Crippen LogP contribution is 2.31.